The molecule has 252 valence electrons. The highest BCUT2D eigenvalue weighted by molar-refractivity contribution is 8.22. The summed E-state index contributed by atoms with van der Waals surface area (Å²) < 4.78 is 78.5. The summed E-state index contributed by atoms with van der Waals surface area (Å²) in [7, 11) is -3.62. The summed E-state index contributed by atoms with van der Waals surface area (Å²) >= 11 is 0. The van der Waals surface area contributed by atoms with E-state index in [0.717, 1.165) is 4.40 Å². The molecule has 4 aromatic rings. The van der Waals surface area contributed by atoms with Crippen molar-refractivity contribution in [1.29, 1.82) is 0 Å². The molecular weight excluding hydrogens is 641 g/mol. The second-order valence-electron chi connectivity index (χ2n) is 12.6. The van der Waals surface area contributed by atoms with Crippen molar-refractivity contribution in [2.45, 2.75) is 69.7 Å². The zero-order chi connectivity index (χ0) is 33.9. The number of alkyl halides is 3. The summed E-state index contributed by atoms with van der Waals surface area (Å²) in [6.45, 7) is 7.39. The second-order valence-corrected chi connectivity index (χ2v) is 14.6. The number of hydrogen-bond donors (Lipinski definition) is 3. The smallest absolute Gasteiger partial charge is 0.452 e. The van der Waals surface area contributed by atoms with Gasteiger partial charge in [-0.1, -0.05) is 6.07 Å². The number of rotatable bonds is 6. The first-order valence-electron chi connectivity index (χ1n) is 14.9. The Labute approximate surface area is 270 Å². The van der Waals surface area contributed by atoms with Gasteiger partial charge in [0.1, 0.15) is 10.5 Å². The maximum absolute atomic E-state index is 13.6. The van der Waals surface area contributed by atoms with Gasteiger partial charge in [-0.2, -0.15) is 17.5 Å². The van der Waals surface area contributed by atoms with Crippen LogP contribution in [0.25, 0.3) is 5.65 Å². The van der Waals surface area contributed by atoms with Crippen LogP contribution in [0.3, 0.4) is 0 Å². The number of aliphatic carboxylic acids is 1. The van der Waals surface area contributed by atoms with Crippen molar-refractivity contribution in [3.8, 4) is 5.88 Å². The molecule has 6 heterocycles. The first kappa shape index (κ1) is 33.1. The minimum absolute atomic E-state index is 0.0281. The lowest BCUT2D eigenvalue weighted by Crippen LogP contribution is -2.50. The van der Waals surface area contributed by atoms with Gasteiger partial charge in [0.15, 0.2) is 5.65 Å². The van der Waals surface area contributed by atoms with Crippen molar-refractivity contribution in [3.63, 3.8) is 0 Å². The molecule has 12 nitrogen and oxygen atoms in total. The third-order valence-corrected chi connectivity index (χ3v) is 11.0. The Morgan fingerprint density at radius 3 is 2.51 bits per heavy atom. The summed E-state index contributed by atoms with van der Waals surface area (Å²) in [4.78, 5) is 22.1. The SMILES string of the molecule is Cc1ccc(C(c2ccn3c(C(F)(F)F)nnc3c2C)C(C)(C)C(=O)O)nc1CN1CC2(CCOCC2)Oc2ncccc2S1(O)O. The van der Waals surface area contributed by atoms with Crippen LogP contribution in [0.4, 0.5) is 13.2 Å². The molecule has 0 aromatic carbocycles. The number of hydrogen-bond acceptors (Lipinski definition) is 10. The molecule has 1 fully saturated rings. The first-order chi connectivity index (χ1) is 22.0. The molecule has 0 bridgehead atoms. The molecular formula is C31H35F3N6O6S. The maximum Gasteiger partial charge on any atom is 0.452 e. The van der Waals surface area contributed by atoms with Crippen LogP contribution in [0, 0.1) is 19.3 Å². The Hall–Kier alpha value is -3.83. The second kappa shape index (κ2) is 11.7. The van der Waals surface area contributed by atoms with Gasteiger partial charge in [-0.3, -0.25) is 23.3 Å². The number of fused-ring (bicyclic) bond motifs is 2. The number of carboxylic acid groups (broad SMARTS) is 1. The minimum atomic E-state index is -4.74. The van der Waals surface area contributed by atoms with E-state index in [1.165, 1.54) is 36.6 Å². The molecule has 0 saturated carbocycles. The standard InChI is InChI=1S/C31H35F3N6O6S/c1-18-7-8-21(24(29(3,4)28(41)42)20-9-13-40-25(19(20)2)37-38-27(40)31(32,33)34)36-22(18)16-39-17-30(10-14-45-15-11-30)46-26-23(47(39,43)44)6-5-12-35-26/h5-9,12-13,24,43-44H,10-11,14-17H2,1-4H3,(H,41,42). The molecule has 47 heavy (non-hydrogen) atoms. The zero-order valence-electron chi connectivity index (χ0n) is 26.2. The van der Waals surface area contributed by atoms with Gasteiger partial charge in [0.25, 0.3) is 0 Å². The quantitative estimate of drug-likeness (QED) is 0.225. The molecule has 2 aliphatic rings. The third kappa shape index (κ3) is 5.82. The lowest BCUT2D eigenvalue weighted by atomic mass is 9.72. The maximum atomic E-state index is 13.6. The normalized spacial score (nSPS) is 19.5. The topological polar surface area (TPSA) is 155 Å². The van der Waals surface area contributed by atoms with Crippen LogP contribution in [0.1, 0.15) is 66.5 Å². The van der Waals surface area contributed by atoms with Crippen LogP contribution >= 0.6 is 10.8 Å². The number of pyridine rings is 3. The molecule has 1 spiro atoms. The number of carbonyl (C=O) groups is 1. The highest BCUT2D eigenvalue weighted by atomic mass is 32.3. The van der Waals surface area contributed by atoms with E-state index in [1.807, 2.05) is 6.92 Å². The largest absolute Gasteiger partial charge is 0.481 e. The first-order valence-corrected chi connectivity index (χ1v) is 16.4. The molecule has 16 heteroatoms. The van der Waals surface area contributed by atoms with E-state index >= 15 is 0 Å². The number of aromatic nitrogens is 5. The summed E-state index contributed by atoms with van der Waals surface area (Å²) in [6.07, 6.45) is -1.03. The summed E-state index contributed by atoms with van der Waals surface area (Å²) in [5.41, 5.74) is -0.0822. The minimum Gasteiger partial charge on any atom is -0.481 e. The number of aryl methyl sites for hydroxylation is 2. The summed E-state index contributed by atoms with van der Waals surface area (Å²) in [5.74, 6) is -3.12. The Morgan fingerprint density at radius 2 is 1.83 bits per heavy atom. The van der Waals surface area contributed by atoms with E-state index < -0.39 is 45.7 Å². The lowest BCUT2D eigenvalue weighted by molar-refractivity contribution is -0.147. The fourth-order valence-corrected chi connectivity index (χ4v) is 7.90. The molecule has 0 aliphatic carbocycles. The van der Waals surface area contributed by atoms with E-state index in [-0.39, 0.29) is 29.5 Å². The van der Waals surface area contributed by atoms with E-state index in [0.29, 0.717) is 54.1 Å². The van der Waals surface area contributed by atoms with Gasteiger partial charge in [-0.05, 0) is 68.7 Å². The highest BCUT2D eigenvalue weighted by Crippen LogP contribution is 2.58. The van der Waals surface area contributed by atoms with Crippen LogP contribution in [0.15, 0.2) is 47.6 Å². The number of halogens is 3. The Morgan fingerprint density at radius 1 is 1.11 bits per heavy atom. The van der Waals surface area contributed by atoms with Gasteiger partial charge < -0.3 is 14.6 Å². The molecule has 1 unspecified atom stereocenters. The van der Waals surface area contributed by atoms with Crippen LogP contribution < -0.4 is 4.74 Å². The van der Waals surface area contributed by atoms with Crippen LogP contribution in [-0.2, 0) is 22.3 Å². The van der Waals surface area contributed by atoms with Crippen molar-refractivity contribution < 1.29 is 41.7 Å². The number of nitrogens with zero attached hydrogens (tertiary/aromatic N) is 6. The molecule has 6 rings (SSSR count). The molecule has 0 amide bonds. The Bertz CT molecular complexity index is 1840. The predicted molar refractivity (Wildman–Crippen MR) is 164 cm³/mol. The van der Waals surface area contributed by atoms with Gasteiger partial charge in [0.05, 0.1) is 37.4 Å². The Balaban J connectivity index is 1.45. The van der Waals surface area contributed by atoms with Gasteiger partial charge in [0, 0.05) is 36.8 Å². The molecule has 1 atom stereocenters. The predicted octanol–water partition coefficient (Wildman–Crippen LogP) is 5.87. The lowest BCUT2D eigenvalue weighted by Gasteiger charge is -2.44. The molecule has 3 N–H and O–H groups in total. The van der Waals surface area contributed by atoms with Crippen LogP contribution in [-0.4, -0.2) is 74.4 Å². The molecule has 1 saturated heterocycles. The number of carboxylic acids is 1. The van der Waals surface area contributed by atoms with Crippen LogP contribution in [0.2, 0.25) is 0 Å². The fraction of sp³-hybridized carbons (Fsp3) is 0.452. The third-order valence-electron chi connectivity index (χ3n) is 9.12. The molecule has 2 aliphatic heterocycles. The van der Waals surface area contributed by atoms with Gasteiger partial charge >= 0.3 is 12.1 Å². The average molecular weight is 677 g/mol. The highest BCUT2D eigenvalue weighted by Gasteiger charge is 2.46. The van der Waals surface area contributed by atoms with Gasteiger partial charge in [0.2, 0.25) is 11.7 Å². The zero-order valence-corrected chi connectivity index (χ0v) is 27.0. The molecule has 4 aromatic heterocycles. The van der Waals surface area contributed by atoms with Gasteiger partial charge in [-0.25, -0.2) is 4.98 Å². The summed E-state index contributed by atoms with van der Waals surface area (Å²) in [5, 5.41) is 17.5. The van der Waals surface area contributed by atoms with E-state index in [9.17, 15) is 32.2 Å². The molecule has 0 radical (unpaired) electrons. The van der Waals surface area contributed by atoms with Crippen LogP contribution in [0.5, 0.6) is 5.88 Å². The van der Waals surface area contributed by atoms with Crippen molar-refractivity contribution in [2.75, 3.05) is 19.8 Å². The average Bonchev–Trinajstić information content (AvgIpc) is 3.43. The monoisotopic (exact) mass is 676 g/mol. The van der Waals surface area contributed by atoms with E-state index in [1.54, 1.807) is 31.2 Å². The summed E-state index contributed by atoms with van der Waals surface area (Å²) in [6, 6.07) is 8.07. The van der Waals surface area contributed by atoms with E-state index in [4.69, 9.17) is 14.5 Å². The van der Waals surface area contributed by atoms with Crippen molar-refractivity contribution in [2.24, 2.45) is 5.41 Å². The van der Waals surface area contributed by atoms with Gasteiger partial charge in [-0.15, -0.1) is 21.0 Å². The fourth-order valence-electron chi connectivity index (χ4n) is 6.32. The van der Waals surface area contributed by atoms with Crippen molar-refractivity contribution in [3.05, 3.63) is 76.6 Å². The number of ether oxygens (including phenoxy) is 2. The van der Waals surface area contributed by atoms with Crippen molar-refractivity contribution in [1.82, 2.24) is 28.9 Å². The Kier molecular flexibility index (Phi) is 8.23. The van der Waals surface area contributed by atoms with E-state index in [2.05, 4.69) is 15.2 Å². The van der Waals surface area contributed by atoms with Crippen molar-refractivity contribution >= 4 is 22.4 Å².